The monoisotopic (exact) mass is 541 g/mol. The van der Waals surface area contributed by atoms with E-state index in [4.69, 9.17) is 4.74 Å². The van der Waals surface area contributed by atoms with E-state index in [2.05, 4.69) is 80.9 Å². The van der Waals surface area contributed by atoms with Crippen molar-refractivity contribution in [1.82, 2.24) is 15.2 Å². The maximum absolute atomic E-state index is 13.4. The number of rotatable bonds is 7. The van der Waals surface area contributed by atoms with Gasteiger partial charge in [-0.05, 0) is 53.8 Å². The molecule has 1 saturated heterocycles. The molecule has 4 aromatic rings. The Labute approximate surface area is 233 Å². The van der Waals surface area contributed by atoms with Gasteiger partial charge in [-0.25, -0.2) is 4.79 Å². The summed E-state index contributed by atoms with van der Waals surface area (Å²) in [6, 6.07) is 25.0. The fourth-order valence-electron chi connectivity index (χ4n) is 5.56. The lowest BCUT2D eigenvalue weighted by Crippen LogP contribution is -2.49. The summed E-state index contributed by atoms with van der Waals surface area (Å²) in [5, 5.41) is 7.50. The smallest absolute Gasteiger partial charge is 0.319 e. The van der Waals surface area contributed by atoms with Gasteiger partial charge in [0, 0.05) is 60.3 Å². The number of thioether (sulfide) groups is 1. The van der Waals surface area contributed by atoms with Crippen LogP contribution in [-0.2, 0) is 11.3 Å². The number of ether oxygens (including phenoxy) is 1. The molecule has 6 rings (SSSR count). The fourth-order valence-corrected chi connectivity index (χ4v) is 6.60. The Balaban J connectivity index is 1.27. The first-order chi connectivity index (χ1) is 19.1. The maximum atomic E-state index is 13.4. The number of hydrogen-bond donors (Lipinski definition) is 3. The van der Waals surface area contributed by atoms with Crippen LogP contribution in [0.15, 0.2) is 83.9 Å². The minimum Gasteiger partial charge on any atom is -0.379 e. The third-order valence-corrected chi connectivity index (χ3v) is 8.76. The predicted octanol–water partition coefficient (Wildman–Crippen LogP) is 5.86. The summed E-state index contributed by atoms with van der Waals surface area (Å²) < 4.78 is 5.62. The number of urea groups is 1. The molecule has 1 aromatic heterocycles. The van der Waals surface area contributed by atoms with Crippen molar-refractivity contribution in [3.63, 3.8) is 0 Å². The second kappa shape index (κ2) is 11.7. The first kappa shape index (κ1) is 25.8. The van der Waals surface area contributed by atoms with E-state index >= 15 is 0 Å². The summed E-state index contributed by atoms with van der Waals surface area (Å²) in [6.45, 7) is 7.20. The fraction of sp³-hybridized carbons (Fsp3) is 0.323. The average Bonchev–Trinajstić information content (AvgIpc) is 3.45. The number of H-pyrrole nitrogens is 1. The molecule has 202 valence electrons. The van der Waals surface area contributed by atoms with Crippen LogP contribution in [0.2, 0.25) is 0 Å². The number of aromatic amines is 1. The van der Waals surface area contributed by atoms with Gasteiger partial charge in [-0.15, -0.1) is 11.8 Å². The zero-order chi connectivity index (χ0) is 26.6. The van der Waals surface area contributed by atoms with Crippen molar-refractivity contribution in [3.8, 4) is 0 Å². The first-order valence-electron chi connectivity index (χ1n) is 13.7. The molecule has 2 unspecified atom stereocenters. The number of nitrogens with one attached hydrogen (secondary N) is 3. The zero-order valence-corrected chi connectivity index (χ0v) is 23.0. The van der Waals surface area contributed by atoms with Crippen molar-refractivity contribution in [2.45, 2.75) is 30.4 Å². The molecule has 2 aliphatic rings. The lowest BCUT2D eigenvalue weighted by atomic mass is 9.97. The van der Waals surface area contributed by atoms with E-state index in [0.29, 0.717) is 13.2 Å². The van der Waals surface area contributed by atoms with E-state index in [0.717, 1.165) is 54.1 Å². The Bertz CT molecular complexity index is 1420. The molecular formula is C31H35N5O2S. The van der Waals surface area contributed by atoms with E-state index in [1.165, 1.54) is 16.1 Å². The van der Waals surface area contributed by atoms with Gasteiger partial charge in [-0.3, -0.25) is 4.90 Å². The lowest BCUT2D eigenvalue weighted by Gasteiger charge is -2.38. The predicted molar refractivity (Wildman–Crippen MR) is 160 cm³/mol. The van der Waals surface area contributed by atoms with Crippen molar-refractivity contribution in [2.24, 2.45) is 0 Å². The number of carbonyl (C=O) groups is 1. The summed E-state index contributed by atoms with van der Waals surface area (Å²) >= 11 is 1.91. The number of benzene rings is 3. The van der Waals surface area contributed by atoms with E-state index in [1.54, 1.807) is 0 Å². The Kier molecular flexibility index (Phi) is 7.76. The molecule has 3 N–H and O–H groups in total. The van der Waals surface area contributed by atoms with Gasteiger partial charge in [0.2, 0.25) is 0 Å². The number of aromatic nitrogens is 1. The van der Waals surface area contributed by atoms with Crippen LogP contribution in [-0.4, -0.2) is 60.6 Å². The molecule has 8 heteroatoms. The van der Waals surface area contributed by atoms with Crippen LogP contribution in [0.1, 0.15) is 24.1 Å². The molecule has 1 fully saturated rings. The minimum absolute atomic E-state index is 0.0994. The SMILES string of the molecule is CC(C(NC(=O)Nc1ccc2cc[nH]c2c1)c1ccc2c(c1)N(Cc1ccccc1)CCS2)N1CCOCC1. The van der Waals surface area contributed by atoms with Crippen LogP contribution in [0.3, 0.4) is 0 Å². The molecular weight excluding hydrogens is 506 g/mol. The third kappa shape index (κ3) is 5.93. The Morgan fingerprint density at radius 2 is 1.87 bits per heavy atom. The van der Waals surface area contributed by atoms with Gasteiger partial charge >= 0.3 is 6.03 Å². The van der Waals surface area contributed by atoms with Crippen LogP contribution in [0.4, 0.5) is 16.2 Å². The first-order valence-corrected chi connectivity index (χ1v) is 14.6. The number of anilines is 2. The summed E-state index contributed by atoms with van der Waals surface area (Å²) in [4.78, 5) is 22.7. The minimum atomic E-state index is -0.209. The highest BCUT2D eigenvalue weighted by Gasteiger charge is 2.29. The summed E-state index contributed by atoms with van der Waals surface area (Å²) in [6.07, 6.45) is 1.91. The number of fused-ring (bicyclic) bond motifs is 2. The van der Waals surface area contributed by atoms with Crippen LogP contribution in [0, 0.1) is 0 Å². The molecule has 0 radical (unpaired) electrons. The van der Waals surface area contributed by atoms with Crippen molar-refractivity contribution in [1.29, 1.82) is 0 Å². The van der Waals surface area contributed by atoms with E-state index in [-0.39, 0.29) is 18.1 Å². The van der Waals surface area contributed by atoms with Gasteiger partial charge < -0.3 is 25.3 Å². The van der Waals surface area contributed by atoms with Crippen LogP contribution >= 0.6 is 11.8 Å². The number of amides is 2. The topological polar surface area (TPSA) is 72.6 Å². The molecule has 2 atom stereocenters. The van der Waals surface area contributed by atoms with E-state index in [1.807, 2.05) is 42.2 Å². The molecule has 0 bridgehead atoms. The normalized spacial score (nSPS) is 17.4. The van der Waals surface area contributed by atoms with Crippen molar-refractivity contribution < 1.29 is 9.53 Å². The van der Waals surface area contributed by atoms with Gasteiger partial charge in [0.05, 0.1) is 24.9 Å². The van der Waals surface area contributed by atoms with Crippen LogP contribution in [0.5, 0.6) is 0 Å². The molecule has 3 aromatic carbocycles. The molecule has 0 spiro atoms. The van der Waals surface area contributed by atoms with Crippen molar-refractivity contribution >= 4 is 40.1 Å². The zero-order valence-electron chi connectivity index (χ0n) is 22.2. The second-order valence-electron chi connectivity index (χ2n) is 10.2. The molecule has 2 amide bonds. The highest BCUT2D eigenvalue weighted by Crippen LogP contribution is 2.38. The number of morpholine rings is 1. The number of nitrogens with zero attached hydrogens (tertiary/aromatic N) is 2. The highest BCUT2D eigenvalue weighted by molar-refractivity contribution is 7.99. The lowest BCUT2D eigenvalue weighted by molar-refractivity contribution is 0.0130. The molecule has 3 heterocycles. The van der Waals surface area contributed by atoms with Crippen molar-refractivity contribution in [3.05, 3.63) is 90.1 Å². The molecule has 2 aliphatic heterocycles. The molecule has 0 saturated carbocycles. The van der Waals surface area contributed by atoms with Crippen LogP contribution < -0.4 is 15.5 Å². The van der Waals surface area contributed by atoms with Crippen molar-refractivity contribution in [2.75, 3.05) is 48.8 Å². The Hall–Kier alpha value is -3.46. The van der Waals surface area contributed by atoms with E-state index < -0.39 is 0 Å². The van der Waals surface area contributed by atoms with Gasteiger partial charge in [0.1, 0.15) is 0 Å². The Morgan fingerprint density at radius 1 is 1.03 bits per heavy atom. The molecule has 7 nitrogen and oxygen atoms in total. The summed E-state index contributed by atoms with van der Waals surface area (Å²) in [5.41, 5.74) is 5.41. The quantitative estimate of drug-likeness (QED) is 0.273. The highest BCUT2D eigenvalue weighted by atomic mass is 32.2. The van der Waals surface area contributed by atoms with Gasteiger partial charge in [0.15, 0.2) is 0 Å². The second-order valence-corrected chi connectivity index (χ2v) is 11.4. The van der Waals surface area contributed by atoms with Gasteiger partial charge in [-0.1, -0.05) is 42.5 Å². The largest absolute Gasteiger partial charge is 0.379 e. The van der Waals surface area contributed by atoms with Gasteiger partial charge in [0.25, 0.3) is 0 Å². The van der Waals surface area contributed by atoms with Gasteiger partial charge in [-0.2, -0.15) is 0 Å². The van der Waals surface area contributed by atoms with Crippen LogP contribution in [0.25, 0.3) is 10.9 Å². The Morgan fingerprint density at radius 3 is 2.72 bits per heavy atom. The van der Waals surface area contributed by atoms with E-state index in [9.17, 15) is 4.79 Å². The summed E-state index contributed by atoms with van der Waals surface area (Å²) in [7, 11) is 0. The number of carbonyl (C=O) groups excluding carboxylic acids is 1. The third-order valence-electron chi connectivity index (χ3n) is 7.72. The molecule has 39 heavy (non-hydrogen) atoms. The number of hydrogen-bond acceptors (Lipinski definition) is 5. The maximum Gasteiger partial charge on any atom is 0.319 e. The average molecular weight is 542 g/mol. The summed E-state index contributed by atoms with van der Waals surface area (Å²) in [5.74, 6) is 1.07. The standard InChI is InChI=1S/C31H35N5O2S/c1-22(35-13-16-38-17-14-35)30(34-31(37)33-26-9-7-24-11-12-32-27(24)20-26)25-8-10-29-28(19-25)36(15-18-39-29)21-23-5-3-2-4-6-23/h2-12,19-20,22,30,32H,13-18,21H2,1H3,(H2,33,34,37). The molecule has 0 aliphatic carbocycles.